The molecule has 170 valence electrons. The van der Waals surface area contributed by atoms with Crippen LogP contribution in [0.25, 0.3) is 20.7 Å². The van der Waals surface area contributed by atoms with Gasteiger partial charge in [-0.1, -0.05) is 18.0 Å². The van der Waals surface area contributed by atoms with Crippen molar-refractivity contribution >= 4 is 44.7 Å². The molecule has 3 aromatic heterocycles. The summed E-state index contributed by atoms with van der Waals surface area (Å²) in [4.78, 5) is 13.8. The van der Waals surface area contributed by atoms with E-state index in [1.165, 1.54) is 60.1 Å². The molecule has 6 rings (SSSR count). The number of rotatable bonds is 5. The molecule has 0 bridgehead atoms. The molecule has 33 heavy (non-hydrogen) atoms. The molecule has 1 aliphatic carbocycles. The molecular formula is C24H24ClFN6S. The van der Waals surface area contributed by atoms with Gasteiger partial charge in [0, 0.05) is 28.4 Å². The predicted molar refractivity (Wildman–Crippen MR) is 131 cm³/mol. The van der Waals surface area contributed by atoms with Crippen LogP contribution in [0.15, 0.2) is 30.7 Å². The van der Waals surface area contributed by atoms with E-state index in [1.807, 2.05) is 6.20 Å². The van der Waals surface area contributed by atoms with E-state index in [1.54, 1.807) is 29.8 Å². The highest BCUT2D eigenvalue weighted by atomic mass is 35.5. The first-order valence-electron chi connectivity index (χ1n) is 11.4. The summed E-state index contributed by atoms with van der Waals surface area (Å²) in [5.74, 6) is 0.286. The number of likely N-dealkylation sites (tertiary alicyclic amines) is 1. The van der Waals surface area contributed by atoms with E-state index in [0.29, 0.717) is 5.69 Å². The van der Waals surface area contributed by atoms with Gasteiger partial charge in [-0.15, -0.1) is 11.3 Å². The lowest BCUT2D eigenvalue weighted by atomic mass is 9.95. The van der Waals surface area contributed by atoms with Gasteiger partial charge in [0.1, 0.15) is 22.8 Å². The van der Waals surface area contributed by atoms with E-state index in [0.717, 1.165) is 42.0 Å². The third-order valence-corrected chi connectivity index (χ3v) is 8.11. The van der Waals surface area contributed by atoms with Crippen LogP contribution in [0.3, 0.4) is 0 Å². The first kappa shape index (κ1) is 21.0. The zero-order valence-electron chi connectivity index (χ0n) is 18.2. The average molecular weight is 483 g/mol. The molecule has 1 aliphatic heterocycles. The second kappa shape index (κ2) is 8.66. The standard InChI is InChI=1S/C24H24ClFN6S/c25-18-12-15(4-6-19(18)26)30-23-21-16-5-7-20-17(22(16)33-24(21)28-14-27-23)13-29-32(20)11-10-31-8-2-1-3-9-31/h4,6,12-14H,1-3,5,7-11H2,(H,27,28,30). The topological polar surface area (TPSA) is 58.9 Å². The fraction of sp³-hybridized carbons (Fsp3) is 0.375. The molecule has 0 unspecified atom stereocenters. The number of hydrogen-bond acceptors (Lipinski definition) is 6. The van der Waals surface area contributed by atoms with Crippen molar-refractivity contribution in [2.45, 2.75) is 38.6 Å². The van der Waals surface area contributed by atoms with E-state index in [-0.39, 0.29) is 5.02 Å². The molecule has 9 heteroatoms. The summed E-state index contributed by atoms with van der Waals surface area (Å²) in [7, 11) is 0. The molecule has 2 aliphatic rings. The normalized spacial score (nSPS) is 16.1. The number of nitrogens with one attached hydrogen (secondary N) is 1. The molecular weight excluding hydrogens is 459 g/mol. The monoisotopic (exact) mass is 482 g/mol. The van der Waals surface area contributed by atoms with Crippen LogP contribution in [0.5, 0.6) is 0 Å². The summed E-state index contributed by atoms with van der Waals surface area (Å²) >= 11 is 7.66. The van der Waals surface area contributed by atoms with Gasteiger partial charge in [-0.2, -0.15) is 5.10 Å². The van der Waals surface area contributed by atoms with Gasteiger partial charge >= 0.3 is 0 Å². The van der Waals surface area contributed by atoms with E-state index >= 15 is 0 Å². The fourth-order valence-corrected chi connectivity index (χ4v) is 6.37. The lowest BCUT2D eigenvalue weighted by Gasteiger charge is -2.26. The Morgan fingerprint density at radius 1 is 1.09 bits per heavy atom. The molecule has 1 fully saturated rings. The Labute approximate surface area is 200 Å². The quantitative estimate of drug-likeness (QED) is 0.397. The Morgan fingerprint density at radius 3 is 2.82 bits per heavy atom. The zero-order valence-corrected chi connectivity index (χ0v) is 19.7. The molecule has 1 N–H and O–H groups in total. The van der Waals surface area contributed by atoms with Gasteiger partial charge in [0.15, 0.2) is 0 Å². The van der Waals surface area contributed by atoms with Gasteiger partial charge in [0.05, 0.1) is 23.2 Å². The van der Waals surface area contributed by atoms with Gasteiger partial charge < -0.3 is 10.2 Å². The minimum absolute atomic E-state index is 0.0826. The Morgan fingerprint density at radius 2 is 1.97 bits per heavy atom. The number of nitrogens with zero attached hydrogens (tertiary/aromatic N) is 5. The second-order valence-electron chi connectivity index (χ2n) is 8.70. The molecule has 6 nitrogen and oxygen atoms in total. The summed E-state index contributed by atoms with van der Waals surface area (Å²) < 4.78 is 15.8. The van der Waals surface area contributed by atoms with Crippen molar-refractivity contribution in [1.29, 1.82) is 0 Å². The highest BCUT2D eigenvalue weighted by molar-refractivity contribution is 7.22. The van der Waals surface area contributed by atoms with Crippen molar-refractivity contribution in [3.8, 4) is 10.4 Å². The Kier molecular flexibility index (Phi) is 5.52. The molecule has 1 saturated heterocycles. The maximum Gasteiger partial charge on any atom is 0.142 e. The SMILES string of the molecule is Fc1ccc(Nc2ncnc3sc4c(c23)CCc2c-4cnn2CCN2CCCCC2)cc1Cl. The first-order chi connectivity index (χ1) is 16.2. The van der Waals surface area contributed by atoms with Crippen molar-refractivity contribution in [2.75, 3.05) is 25.0 Å². The number of benzene rings is 1. The molecule has 0 saturated carbocycles. The molecule has 4 aromatic rings. The highest BCUT2D eigenvalue weighted by Crippen LogP contribution is 2.45. The van der Waals surface area contributed by atoms with E-state index in [9.17, 15) is 4.39 Å². The number of aryl methyl sites for hydroxylation is 1. The van der Waals surface area contributed by atoms with Crippen LogP contribution in [0.4, 0.5) is 15.9 Å². The Hall–Kier alpha value is -2.55. The van der Waals surface area contributed by atoms with Gasteiger partial charge in [-0.3, -0.25) is 4.68 Å². The summed E-state index contributed by atoms with van der Waals surface area (Å²) in [6.07, 6.45) is 9.43. The summed E-state index contributed by atoms with van der Waals surface area (Å²) in [6.45, 7) is 4.41. The molecule has 0 atom stereocenters. The zero-order chi connectivity index (χ0) is 22.4. The largest absolute Gasteiger partial charge is 0.340 e. The van der Waals surface area contributed by atoms with Crippen LogP contribution in [-0.2, 0) is 19.4 Å². The molecule has 0 amide bonds. The van der Waals surface area contributed by atoms with Crippen LogP contribution in [0.1, 0.15) is 30.5 Å². The number of aromatic nitrogens is 4. The summed E-state index contributed by atoms with van der Waals surface area (Å²) in [5, 5.41) is 9.18. The molecule has 0 radical (unpaired) electrons. The lowest BCUT2D eigenvalue weighted by molar-refractivity contribution is 0.217. The van der Waals surface area contributed by atoms with Crippen molar-refractivity contribution in [1.82, 2.24) is 24.6 Å². The van der Waals surface area contributed by atoms with Crippen molar-refractivity contribution in [3.05, 3.63) is 52.8 Å². The van der Waals surface area contributed by atoms with Crippen LogP contribution in [0.2, 0.25) is 5.02 Å². The third-order valence-electron chi connectivity index (χ3n) is 6.65. The van der Waals surface area contributed by atoms with Crippen molar-refractivity contribution in [2.24, 2.45) is 0 Å². The van der Waals surface area contributed by atoms with Gasteiger partial charge in [-0.05, 0) is 62.5 Å². The third kappa shape index (κ3) is 3.90. The maximum absolute atomic E-state index is 13.6. The molecule has 0 spiro atoms. The Balaban J connectivity index is 1.31. The second-order valence-corrected chi connectivity index (χ2v) is 10.1. The minimum atomic E-state index is -0.437. The van der Waals surface area contributed by atoms with E-state index < -0.39 is 5.82 Å². The number of hydrogen-bond donors (Lipinski definition) is 1. The molecule has 4 heterocycles. The maximum atomic E-state index is 13.6. The van der Waals surface area contributed by atoms with Gasteiger partial charge in [-0.25, -0.2) is 14.4 Å². The highest BCUT2D eigenvalue weighted by Gasteiger charge is 2.27. The fourth-order valence-electron chi connectivity index (χ4n) is 4.97. The van der Waals surface area contributed by atoms with Crippen LogP contribution in [-0.4, -0.2) is 44.3 Å². The predicted octanol–water partition coefficient (Wildman–Crippen LogP) is 5.68. The van der Waals surface area contributed by atoms with Crippen molar-refractivity contribution < 1.29 is 4.39 Å². The number of thiophene rings is 1. The minimum Gasteiger partial charge on any atom is -0.340 e. The summed E-state index contributed by atoms with van der Waals surface area (Å²) in [5.41, 5.74) is 4.49. The average Bonchev–Trinajstić information content (AvgIpc) is 3.42. The number of fused-ring (bicyclic) bond motifs is 5. The summed E-state index contributed by atoms with van der Waals surface area (Å²) in [6, 6.07) is 4.60. The number of halogens is 2. The first-order valence-corrected chi connectivity index (χ1v) is 12.6. The lowest BCUT2D eigenvalue weighted by Crippen LogP contribution is -2.33. The van der Waals surface area contributed by atoms with Crippen LogP contribution >= 0.6 is 22.9 Å². The molecule has 1 aromatic carbocycles. The van der Waals surface area contributed by atoms with Gasteiger partial charge in [0.2, 0.25) is 0 Å². The van der Waals surface area contributed by atoms with Crippen molar-refractivity contribution in [3.63, 3.8) is 0 Å². The number of anilines is 2. The van der Waals surface area contributed by atoms with E-state index in [2.05, 4.69) is 24.9 Å². The van der Waals surface area contributed by atoms with Crippen LogP contribution < -0.4 is 5.32 Å². The smallest absolute Gasteiger partial charge is 0.142 e. The van der Waals surface area contributed by atoms with Crippen LogP contribution in [0, 0.1) is 5.82 Å². The van der Waals surface area contributed by atoms with E-state index in [4.69, 9.17) is 16.7 Å². The van der Waals surface area contributed by atoms with Gasteiger partial charge in [0.25, 0.3) is 0 Å². The number of piperidine rings is 1. The Bertz CT molecular complexity index is 1330.